The fraction of sp³-hybridized carbons (Fsp3) is 0.500. The molecule has 23 heavy (non-hydrogen) atoms. The second kappa shape index (κ2) is 6.34. The Hall–Kier alpha value is -1.85. The molecule has 5 heteroatoms. The average Bonchev–Trinajstić information content (AvgIpc) is 3.10. The molecule has 0 fully saturated rings. The molecular weight excluding hydrogens is 290 g/mol. The number of aromatic nitrogens is 1. The fourth-order valence-electron chi connectivity index (χ4n) is 3.56. The van der Waals surface area contributed by atoms with Gasteiger partial charge < -0.3 is 20.4 Å². The van der Waals surface area contributed by atoms with E-state index in [0.29, 0.717) is 6.42 Å². The Morgan fingerprint density at radius 3 is 2.74 bits per heavy atom. The molecular formula is C18H25N3O2. The normalized spacial score (nSPS) is 15.0. The zero-order chi connectivity index (χ0) is 16.6. The summed E-state index contributed by atoms with van der Waals surface area (Å²) in [5, 5.41) is 4.62. The number of hydrogen-bond donors (Lipinski definition) is 2. The molecule has 0 bridgehead atoms. The van der Waals surface area contributed by atoms with Gasteiger partial charge in [0.1, 0.15) is 6.04 Å². The van der Waals surface area contributed by atoms with Gasteiger partial charge in [0.25, 0.3) is 0 Å². The van der Waals surface area contributed by atoms with Crippen molar-refractivity contribution < 1.29 is 9.53 Å². The van der Waals surface area contributed by atoms with Crippen LogP contribution in [-0.2, 0) is 35.6 Å². The number of nitrogens with two attached hydrogens (primary N) is 1. The Morgan fingerprint density at radius 1 is 1.39 bits per heavy atom. The minimum Gasteiger partial charge on any atom is -0.468 e. The third kappa shape index (κ3) is 2.75. The number of esters is 1. The summed E-state index contributed by atoms with van der Waals surface area (Å²) in [6, 6.07) is 3.94. The van der Waals surface area contributed by atoms with Crippen LogP contribution in [0.1, 0.15) is 35.7 Å². The molecule has 0 saturated carbocycles. The zero-order valence-electron chi connectivity index (χ0n) is 14.1. The number of nitrogens with one attached hydrogen (secondary N) is 1. The van der Waals surface area contributed by atoms with E-state index in [0.717, 1.165) is 26.1 Å². The van der Waals surface area contributed by atoms with Gasteiger partial charge in [-0.3, -0.25) is 4.79 Å². The van der Waals surface area contributed by atoms with Gasteiger partial charge in [-0.15, -0.1) is 0 Å². The van der Waals surface area contributed by atoms with Crippen molar-refractivity contribution in [2.45, 2.75) is 52.4 Å². The Bertz CT molecular complexity index is 749. The number of aryl methyl sites for hydroxylation is 1. The van der Waals surface area contributed by atoms with Crippen molar-refractivity contribution in [1.82, 2.24) is 9.88 Å². The molecule has 1 aromatic carbocycles. The third-order valence-corrected chi connectivity index (χ3v) is 4.78. The highest BCUT2D eigenvalue weighted by Crippen LogP contribution is 2.31. The van der Waals surface area contributed by atoms with Crippen molar-refractivity contribution in [2.24, 2.45) is 5.73 Å². The fourth-order valence-corrected chi connectivity index (χ4v) is 3.56. The summed E-state index contributed by atoms with van der Waals surface area (Å²) in [5.74, 6) is -0.358. The first-order valence-electron chi connectivity index (χ1n) is 8.24. The molecule has 0 spiro atoms. The average molecular weight is 315 g/mol. The lowest BCUT2D eigenvalue weighted by molar-refractivity contribution is -0.142. The molecule has 1 atom stereocenters. The minimum atomic E-state index is -0.620. The second-order valence-electron chi connectivity index (χ2n) is 6.29. The van der Waals surface area contributed by atoms with Crippen LogP contribution in [0.4, 0.5) is 0 Å². The summed E-state index contributed by atoms with van der Waals surface area (Å²) in [6.45, 7) is 7.12. The number of hydrogen-bond acceptors (Lipinski definition) is 4. The van der Waals surface area contributed by atoms with E-state index in [-0.39, 0.29) is 5.97 Å². The molecule has 0 amide bonds. The van der Waals surface area contributed by atoms with Gasteiger partial charge in [0.05, 0.1) is 7.11 Å². The van der Waals surface area contributed by atoms with Crippen LogP contribution < -0.4 is 11.1 Å². The highest BCUT2D eigenvalue weighted by molar-refractivity contribution is 5.88. The Balaban J connectivity index is 2.12. The number of ether oxygens (including phenoxy) is 1. The van der Waals surface area contributed by atoms with Crippen LogP contribution in [0.15, 0.2) is 12.1 Å². The standard InChI is InChI=1S/C18H25N3O2/c1-4-5-21-11(2)14(8-16(19)18(22)23-3)15-6-12-9-20-10-13(12)7-17(15)21/h6-7,16,20H,4-5,8-10,19H2,1-3H3. The number of carbonyl (C=O) groups is 1. The largest absolute Gasteiger partial charge is 0.468 e. The SMILES string of the molecule is CCCn1c(C)c(CC(N)C(=O)OC)c2cc3c(cc21)CNC3. The molecule has 0 saturated heterocycles. The van der Waals surface area contributed by atoms with E-state index in [2.05, 4.69) is 35.9 Å². The summed E-state index contributed by atoms with van der Waals surface area (Å²) < 4.78 is 7.14. The lowest BCUT2D eigenvalue weighted by Gasteiger charge is -2.10. The zero-order valence-corrected chi connectivity index (χ0v) is 14.1. The van der Waals surface area contributed by atoms with Crippen molar-refractivity contribution in [3.8, 4) is 0 Å². The predicted octanol–water partition coefficient (Wildman–Crippen LogP) is 2.01. The number of nitrogens with zero attached hydrogens (tertiary/aromatic N) is 1. The van der Waals surface area contributed by atoms with Gasteiger partial charge in [0.15, 0.2) is 0 Å². The van der Waals surface area contributed by atoms with Gasteiger partial charge in [-0.25, -0.2) is 0 Å². The summed E-state index contributed by atoms with van der Waals surface area (Å²) in [5.41, 5.74) is 12.4. The number of methoxy groups -OCH3 is 1. The molecule has 2 heterocycles. The second-order valence-corrected chi connectivity index (χ2v) is 6.29. The van der Waals surface area contributed by atoms with Gasteiger partial charge >= 0.3 is 5.97 Å². The molecule has 0 aliphatic carbocycles. The monoisotopic (exact) mass is 315 g/mol. The van der Waals surface area contributed by atoms with E-state index in [1.54, 1.807) is 0 Å². The Morgan fingerprint density at radius 2 is 2.09 bits per heavy atom. The summed E-state index contributed by atoms with van der Waals surface area (Å²) in [7, 11) is 1.38. The molecule has 1 aromatic heterocycles. The first-order chi connectivity index (χ1) is 11.1. The summed E-state index contributed by atoms with van der Waals surface area (Å²) in [6.07, 6.45) is 1.58. The van der Waals surface area contributed by atoms with E-state index >= 15 is 0 Å². The van der Waals surface area contributed by atoms with Crippen LogP contribution in [-0.4, -0.2) is 23.7 Å². The van der Waals surface area contributed by atoms with Crippen molar-refractivity contribution in [3.63, 3.8) is 0 Å². The molecule has 124 valence electrons. The number of fused-ring (bicyclic) bond motifs is 2. The van der Waals surface area contributed by atoms with Crippen LogP contribution in [0.2, 0.25) is 0 Å². The van der Waals surface area contributed by atoms with Gasteiger partial charge in [-0.1, -0.05) is 6.92 Å². The van der Waals surface area contributed by atoms with Gasteiger partial charge in [-0.05, 0) is 42.2 Å². The lowest BCUT2D eigenvalue weighted by Crippen LogP contribution is -2.33. The molecule has 3 rings (SSSR count). The Kier molecular flexibility index (Phi) is 4.41. The Labute approximate surface area is 136 Å². The van der Waals surface area contributed by atoms with Gasteiger partial charge in [0, 0.05) is 42.7 Å². The van der Waals surface area contributed by atoms with Crippen molar-refractivity contribution >= 4 is 16.9 Å². The van der Waals surface area contributed by atoms with Crippen LogP contribution in [0.5, 0.6) is 0 Å². The van der Waals surface area contributed by atoms with Crippen molar-refractivity contribution in [2.75, 3.05) is 7.11 Å². The smallest absolute Gasteiger partial charge is 0.322 e. The molecule has 1 aliphatic rings. The maximum absolute atomic E-state index is 11.7. The maximum Gasteiger partial charge on any atom is 0.322 e. The van der Waals surface area contributed by atoms with E-state index in [9.17, 15) is 4.79 Å². The molecule has 3 N–H and O–H groups in total. The molecule has 1 unspecified atom stereocenters. The first kappa shape index (κ1) is 16.0. The van der Waals surface area contributed by atoms with Crippen molar-refractivity contribution in [1.29, 1.82) is 0 Å². The predicted molar refractivity (Wildman–Crippen MR) is 91.2 cm³/mol. The minimum absolute atomic E-state index is 0.358. The quantitative estimate of drug-likeness (QED) is 0.828. The van der Waals surface area contributed by atoms with E-state index in [1.807, 2.05) is 0 Å². The van der Waals surface area contributed by atoms with Crippen LogP contribution in [0, 0.1) is 6.92 Å². The van der Waals surface area contributed by atoms with Crippen LogP contribution >= 0.6 is 0 Å². The van der Waals surface area contributed by atoms with Gasteiger partial charge in [0.2, 0.25) is 0 Å². The number of benzene rings is 1. The molecule has 2 aromatic rings. The van der Waals surface area contributed by atoms with E-state index < -0.39 is 6.04 Å². The summed E-state index contributed by atoms with van der Waals surface area (Å²) in [4.78, 5) is 11.7. The molecule has 0 radical (unpaired) electrons. The highest BCUT2D eigenvalue weighted by Gasteiger charge is 2.22. The third-order valence-electron chi connectivity index (χ3n) is 4.78. The van der Waals surface area contributed by atoms with Gasteiger partial charge in [-0.2, -0.15) is 0 Å². The van der Waals surface area contributed by atoms with E-state index in [4.69, 9.17) is 10.5 Å². The molecule has 5 nitrogen and oxygen atoms in total. The highest BCUT2D eigenvalue weighted by atomic mass is 16.5. The number of rotatable bonds is 5. The first-order valence-corrected chi connectivity index (χ1v) is 8.24. The van der Waals surface area contributed by atoms with Crippen molar-refractivity contribution in [3.05, 3.63) is 34.5 Å². The maximum atomic E-state index is 11.7. The van der Waals surface area contributed by atoms with E-state index in [1.165, 1.54) is 40.4 Å². The lowest BCUT2D eigenvalue weighted by atomic mass is 10.00. The van der Waals surface area contributed by atoms with Crippen LogP contribution in [0.25, 0.3) is 10.9 Å². The molecule has 1 aliphatic heterocycles. The number of carbonyl (C=O) groups excluding carboxylic acids is 1. The van der Waals surface area contributed by atoms with Crippen LogP contribution in [0.3, 0.4) is 0 Å². The topological polar surface area (TPSA) is 69.3 Å². The summed E-state index contributed by atoms with van der Waals surface area (Å²) >= 11 is 0.